The molecule has 9 heteroatoms. The molecule has 2 amide bonds. The molecule has 3 rings (SSSR count). The predicted octanol–water partition coefficient (Wildman–Crippen LogP) is 4.02. The summed E-state index contributed by atoms with van der Waals surface area (Å²) >= 11 is 3.37. The van der Waals surface area contributed by atoms with Crippen LogP contribution in [0.25, 0.3) is 11.3 Å². The van der Waals surface area contributed by atoms with Crippen molar-refractivity contribution in [1.82, 2.24) is 15.5 Å². The van der Waals surface area contributed by atoms with E-state index in [0.29, 0.717) is 29.4 Å². The number of aromatic amines is 1. The van der Waals surface area contributed by atoms with Crippen LogP contribution < -0.4 is 10.6 Å². The fraction of sp³-hybridized carbons (Fsp3) is 0.217. The maximum Gasteiger partial charge on any atom is 0.356 e. The van der Waals surface area contributed by atoms with Gasteiger partial charge in [0.2, 0.25) is 0 Å². The first-order valence-corrected chi connectivity index (χ1v) is 10.8. The maximum atomic E-state index is 12.4. The third-order valence-electron chi connectivity index (χ3n) is 4.39. The first kappa shape index (κ1) is 23.2. The molecule has 0 spiro atoms. The van der Waals surface area contributed by atoms with Crippen LogP contribution in [0.2, 0.25) is 0 Å². The molecule has 8 nitrogen and oxygen atoms in total. The number of hydrogen-bond acceptors (Lipinski definition) is 5. The number of nitrogens with one attached hydrogen (secondary N) is 3. The summed E-state index contributed by atoms with van der Waals surface area (Å²) in [4.78, 5) is 37.0. The van der Waals surface area contributed by atoms with Crippen molar-refractivity contribution in [2.75, 3.05) is 18.5 Å². The molecule has 3 N–H and O–H groups in total. The normalized spacial score (nSPS) is 10.6. The highest BCUT2D eigenvalue weighted by Gasteiger charge is 2.16. The van der Waals surface area contributed by atoms with Gasteiger partial charge in [0.05, 0.1) is 16.9 Å². The van der Waals surface area contributed by atoms with E-state index in [1.54, 1.807) is 30.3 Å². The van der Waals surface area contributed by atoms with E-state index in [1.807, 2.05) is 38.1 Å². The van der Waals surface area contributed by atoms with Gasteiger partial charge < -0.3 is 15.4 Å². The number of benzene rings is 2. The quantitative estimate of drug-likeness (QED) is 0.406. The summed E-state index contributed by atoms with van der Waals surface area (Å²) in [6, 6.07) is 15.7. The minimum atomic E-state index is -0.709. The van der Waals surface area contributed by atoms with Crippen molar-refractivity contribution in [3.63, 3.8) is 0 Å². The standard InChI is InChI=1S/C23H23BrN4O4/c1-14(2)12-25-22(30)17-5-3-4-6-18(17)26-21(29)13-32-23(31)20-11-19(27-28-20)15-7-9-16(24)10-8-15/h3-11,14H,12-13H2,1-2H3,(H,25,30)(H,26,29)(H,27,28). The number of halogens is 1. The van der Waals surface area contributed by atoms with Gasteiger partial charge in [0, 0.05) is 16.6 Å². The second-order valence-corrected chi connectivity index (χ2v) is 8.36. The number of hydrogen-bond donors (Lipinski definition) is 3. The van der Waals surface area contributed by atoms with Crippen LogP contribution in [0, 0.1) is 5.92 Å². The number of para-hydroxylation sites is 1. The number of H-pyrrole nitrogens is 1. The molecule has 3 aromatic rings. The van der Waals surface area contributed by atoms with Crippen LogP contribution in [0.15, 0.2) is 59.1 Å². The highest BCUT2D eigenvalue weighted by Crippen LogP contribution is 2.21. The first-order valence-electron chi connectivity index (χ1n) is 9.99. The Morgan fingerprint density at radius 3 is 2.53 bits per heavy atom. The highest BCUT2D eigenvalue weighted by molar-refractivity contribution is 9.10. The van der Waals surface area contributed by atoms with Crippen molar-refractivity contribution < 1.29 is 19.1 Å². The van der Waals surface area contributed by atoms with Crippen LogP contribution in [0.1, 0.15) is 34.7 Å². The molecule has 0 aliphatic heterocycles. The summed E-state index contributed by atoms with van der Waals surface area (Å²) in [6.07, 6.45) is 0. The van der Waals surface area contributed by atoms with Gasteiger partial charge >= 0.3 is 5.97 Å². The van der Waals surface area contributed by atoms with Crippen LogP contribution in [-0.2, 0) is 9.53 Å². The number of aromatic nitrogens is 2. The van der Waals surface area contributed by atoms with Gasteiger partial charge in [0.15, 0.2) is 6.61 Å². The molecule has 1 heterocycles. The second-order valence-electron chi connectivity index (χ2n) is 7.45. The van der Waals surface area contributed by atoms with Crippen molar-refractivity contribution in [2.45, 2.75) is 13.8 Å². The summed E-state index contributed by atoms with van der Waals surface area (Å²) in [5, 5.41) is 12.2. The molecule has 0 unspecified atom stereocenters. The molecule has 1 aromatic heterocycles. The maximum absolute atomic E-state index is 12.4. The summed E-state index contributed by atoms with van der Waals surface area (Å²) in [7, 11) is 0. The fourth-order valence-electron chi connectivity index (χ4n) is 2.77. The van der Waals surface area contributed by atoms with Crippen molar-refractivity contribution >= 4 is 39.4 Å². The van der Waals surface area contributed by atoms with Crippen molar-refractivity contribution in [3.05, 3.63) is 70.3 Å². The minimum absolute atomic E-state index is 0.129. The molecular formula is C23H23BrN4O4. The number of anilines is 1. The molecule has 32 heavy (non-hydrogen) atoms. The van der Waals surface area contributed by atoms with Gasteiger partial charge in [-0.25, -0.2) is 4.79 Å². The summed E-state index contributed by atoms with van der Waals surface area (Å²) < 4.78 is 6.01. The number of carbonyl (C=O) groups is 3. The second kappa shape index (κ2) is 10.7. The molecule has 0 saturated carbocycles. The van der Waals surface area contributed by atoms with E-state index in [4.69, 9.17) is 4.74 Å². The average Bonchev–Trinajstić information content (AvgIpc) is 3.27. The third kappa shape index (κ3) is 6.27. The van der Waals surface area contributed by atoms with Gasteiger partial charge in [-0.2, -0.15) is 5.10 Å². The zero-order valence-electron chi connectivity index (χ0n) is 17.6. The molecule has 0 atom stereocenters. The Bertz CT molecular complexity index is 1110. The lowest BCUT2D eigenvalue weighted by Crippen LogP contribution is -2.29. The fourth-order valence-corrected chi connectivity index (χ4v) is 3.04. The van der Waals surface area contributed by atoms with Crippen LogP contribution in [-0.4, -0.2) is 41.1 Å². The van der Waals surface area contributed by atoms with Gasteiger partial charge in [0.25, 0.3) is 11.8 Å². The summed E-state index contributed by atoms with van der Waals surface area (Å²) in [5.41, 5.74) is 2.21. The summed E-state index contributed by atoms with van der Waals surface area (Å²) in [6.45, 7) is 3.99. The van der Waals surface area contributed by atoms with E-state index in [2.05, 4.69) is 36.8 Å². The predicted molar refractivity (Wildman–Crippen MR) is 124 cm³/mol. The molecule has 0 fully saturated rings. The molecule has 166 valence electrons. The summed E-state index contributed by atoms with van der Waals surface area (Å²) in [5.74, 6) is -1.26. The Labute approximate surface area is 193 Å². The number of nitrogens with zero attached hydrogens (tertiary/aromatic N) is 1. The molecule has 2 aromatic carbocycles. The van der Waals surface area contributed by atoms with Crippen LogP contribution in [0.4, 0.5) is 5.69 Å². The minimum Gasteiger partial charge on any atom is -0.451 e. The Morgan fingerprint density at radius 1 is 1.09 bits per heavy atom. The van der Waals surface area contributed by atoms with Gasteiger partial charge in [0.1, 0.15) is 5.69 Å². The number of rotatable bonds is 8. The molecule has 0 bridgehead atoms. The lowest BCUT2D eigenvalue weighted by atomic mass is 10.1. The van der Waals surface area contributed by atoms with Crippen LogP contribution in [0.5, 0.6) is 0 Å². The number of amides is 2. The van der Waals surface area contributed by atoms with E-state index < -0.39 is 18.5 Å². The third-order valence-corrected chi connectivity index (χ3v) is 4.92. The number of esters is 1. The van der Waals surface area contributed by atoms with Gasteiger partial charge in [-0.3, -0.25) is 14.7 Å². The Hall–Kier alpha value is -3.46. The molecule has 0 aliphatic rings. The lowest BCUT2D eigenvalue weighted by molar-refractivity contribution is -0.119. The van der Waals surface area contributed by atoms with Crippen molar-refractivity contribution in [3.8, 4) is 11.3 Å². The topological polar surface area (TPSA) is 113 Å². The van der Waals surface area contributed by atoms with E-state index in [0.717, 1.165) is 10.0 Å². The van der Waals surface area contributed by atoms with Crippen molar-refractivity contribution in [1.29, 1.82) is 0 Å². The van der Waals surface area contributed by atoms with Gasteiger partial charge in [-0.1, -0.05) is 54.0 Å². The van der Waals surface area contributed by atoms with Crippen LogP contribution >= 0.6 is 15.9 Å². The molecule has 0 saturated heterocycles. The van der Waals surface area contributed by atoms with Crippen LogP contribution in [0.3, 0.4) is 0 Å². The molecule has 0 aliphatic carbocycles. The average molecular weight is 499 g/mol. The highest BCUT2D eigenvalue weighted by atomic mass is 79.9. The Morgan fingerprint density at radius 2 is 1.81 bits per heavy atom. The van der Waals surface area contributed by atoms with Gasteiger partial charge in [-0.05, 0) is 36.2 Å². The molecular weight excluding hydrogens is 476 g/mol. The van der Waals surface area contributed by atoms with E-state index in [9.17, 15) is 14.4 Å². The SMILES string of the molecule is CC(C)CNC(=O)c1ccccc1NC(=O)COC(=O)c1cc(-c2ccc(Br)cc2)n[nH]1. The van der Waals surface area contributed by atoms with E-state index >= 15 is 0 Å². The zero-order chi connectivity index (χ0) is 23.1. The van der Waals surface area contributed by atoms with E-state index in [1.165, 1.54) is 0 Å². The van der Waals surface area contributed by atoms with Crippen molar-refractivity contribution in [2.24, 2.45) is 5.92 Å². The Kier molecular flexibility index (Phi) is 7.77. The number of carbonyl (C=O) groups excluding carboxylic acids is 3. The zero-order valence-corrected chi connectivity index (χ0v) is 19.2. The van der Waals surface area contributed by atoms with Gasteiger partial charge in [-0.15, -0.1) is 0 Å². The Balaban J connectivity index is 1.57. The largest absolute Gasteiger partial charge is 0.451 e. The lowest BCUT2D eigenvalue weighted by Gasteiger charge is -2.12. The smallest absolute Gasteiger partial charge is 0.356 e. The monoisotopic (exact) mass is 498 g/mol. The molecule has 0 radical (unpaired) electrons. The first-order chi connectivity index (χ1) is 15.3. The van der Waals surface area contributed by atoms with E-state index in [-0.39, 0.29) is 11.6 Å². The number of ether oxygens (including phenoxy) is 1.